The zero-order valence-corrected chi connectivity index (χ0v) is 11.2. The summed E-state index contributed by atoms with van der Waals surface area (Å²) >= 11 is 0. The molecule has 5 heteroatoms. The number of benzene rings is 1. The molecule has 1 aromatic rings. The zero-order chi connectivity index (χ0) is 13.2. The van der Waals surface area contributed by atoms with Crippen LogP contribution in [0.2, 0.25) is 0 Å². The third-order valence-electron chi connectivity index (χ3n) is 3.85. The second-order valence-corrected chi connectivity index (χ2v) is 5.11. The molecule has 1 saturated heterocycles. The number of anilines is 2. The summed E-state index contributed by atoms with van der Waals surface area (Å²) < 4.78 is 0. The Morgan fingerprint density at radius 3 is 2.74 bits per heavy atom. The lowest BCUT2D eigenvalue weighted by Gasteiger charge is -2.38. The van der Waals surface area contributed by atoms with Crippen LogP contribution in [0.4, 0.5) is 11.4 Å². The Hall–Kier alpha value is -1.59. The van der Waals surface area contributed by atoms with Gasteiger partial charge < -0.3 is 20.4 Å². The van der Waals surface area contributed by atoms with E-state index in [1.807, 2.05) is 23.1 Å². The third-order valence-corrected chi connectivity index (χ3v) is 3.85. The highest BCUT2D eigenvalue weighted by Gasteiger charge is 2.30. The molecule has 2 aliphatic heterocycles. The van der Waals surface area contributed by atoms with Gasteiger partial charge in [-0.15, -0.1) is 0 Å². The topological polar surface area (TPSA) is 47.6 Å². The average Bonchev–Trinajstić information content (AvgIpc) is 2.48. The molecule has 1 amide bonds. The Balaban J connectivity index is 1.85. The fourth-order valence-corrected chi connectivity index (χ4v) is 2.75. The van der Waals surface area contributed by atoms with Gasteiger partial charge in [0.05, 0.1) is 17.4 Å². The van der Waals surface area contributed by atoms with Crippen molar-refractivity contribution < 1.29 is 4.79 Å². The predicted molar refractivity (Wildman–Crippen MR) is 76.7 cm³/mol. The third kappa shape index (κ3) is 2.31. The van der Waals surface area contributed by atoms with Gasteiger partial charge >= 0.3 is 0 Å². The number of rotatable bonds is 1. The van der Waals surface area contributed by atoms with E-state index >= 15 is 0 Å². The van der Waals surface area contributed by atoms with Gasteiger partial charge in [0.15, 0.2) is 0 Å². The van der Waals surface area contributed by atoms with Crippen molar-refractivity contribution in [1.29, 1.82) is 0 Å². The van der Waals surface area contributed by atoms with Crippen LogP contribution in [0, 0.1) is 0 Å². The largest absolute Gasteiger partial charge is 0.371 e. The highest BCUT2D eigenvalue weighted by atomic mass is 16.2. The molecule has 0 spiro atoms. The number of carbonyl (C=O) groups excluding carboxylic acids is 1. The van der Waals surface area contributed by atoms with Crippen molar-refractivity contribution in [1.82, 2.24) is 10.6 Å². The maximum atomic E-state index is 12.6. The van der Waals surface area contributed by atoms with Gasteiger partial charge in [-0.3, -0.25) is 4.79 Å². The second-order valence-electron chi connectivity index (χ2n) is 5.11. The number of hydrogen-bond donors (Lipinski definition) is 2. The Morgan fingerprint density at radius 2 is 2.00 bits per heavy atom. The molecular weight excluding hydrogens is 240 g/mol. The first-order valence-electron chi connectivity index (χ1n) is 6.83. The van der Waals surface area contributed by atoms with Crippen LogP contribution in [0.15, 0.2) is 24.3 Å². The number of carbonyl (C=O) groups is 1. The van der Waals surface area contributed by atoms with Crippen molar-refractivity contribution in [2.75, 3.05) is 49.6 Å². The molecule has 102 valence electrons. The summed E-state index contributed by atoms with van der Waals surface area (Å²) in [5.41, 5.74) is 2.15. The SMILES string of the molecule is CN1CCN(C(=O)C2CNCCN2)c2ccccc21. The van der Waals surface area contributed by atoms with Gasteiger partial charge in [-0.1, -0.05) is 12.1 Å². The van der Waals surface area contributed by atoms with E-state index in [0.717, 1.165) is 37.6 Å². The van der Waals surface area contributed by atoms with Crippen LogP contribution in [0.3, 0.4) is 0 Å². The summed E-state index contributed by atoms with van der Waals surface area (Å²) in [4.78, 5) is 16.7. The van der Waals surface area contributed by atoms with E-state index in [9.17, 15) is 4.79 Å². The molecule has 0 saturated carbocycles. The summed E-state index contributed by atoms with van der Waals surface area (Å²) in [6.45, 7) is 4.13. The van der Waals surface area contributed by atoms with Gasteiger partial charge in [0, 0.05) is 39.8 Å². The zero-order valence-electron chi connectivity index (χ0n) is 11.2. The van der Waals surface area contributed by atoms with Crippen molar-refractivity contribution in [2.24, 2.45) is 0 Å². The van der Waals surface area contributed by atoms with Crippen molar-refractivity contribution in [2.45, 2.75) is 6.04 Å². The van der Waals surface area contributed by atoms with Crippen LogP contribution in [0.25, 0.3) is 0 Å². The van der Waals surface area contributed by atoms with Crippen LogP contribution >= 0.6 is 0 Å². The lowest BCUT2D eigenvalue weighted by Crippen LogP contribution is -2.58. The first-order valence-corrected chi connectivity index (χ1v) is 6.83. The van der Waals surface area contributed by atoms with E-state index in [1.54, 1.807) is 0 Å². The molecule has 2 heterocycles. The van der Waals surface area contributed by atoms with Crippen molar-refractivity contribution >= 4 is 17.3 Å². The number of piperazine rings is 1. The van der Waals surface area contributed by atoms with Crippen molar-refractivity contribution in [3.8, 4) is 0 Å². The van der Waals surface area contributed by atoms with Gasteiger partial charge in [-0.25, -0.2) is 0 Å². The lowest BCUT2D eigenvalue weighted by molar-refractivity contribution is -0.120. The molecule has 1 atom stereocenters. The predicted octanol–water partition coefficient (Wildman–Crippen LogP) is 0.0308. The summed E-state index contributed by atoms with van der Waals surface area (Å²) in [6.07, 6.45) is 0. The maximum Gasteiger partial charge on any atom is 0.245 e. The Morgan fingerprint density at radius 1 is 1.21 bits per heavy atom. The maximum absolute atomic E-state index is 12.6. The molecule has 0 radical (unpaired) electrons. The Labute approximate surface area is 113 Å². The summed E-state index contributed by atoms with van der Waals surface area (Å²) in [5, 5.41) is 6.56. The molecule has 2 aliphatic rings. The van der Waals surface area contributed by atoms with Crippen LogP contribution in [0.5, 0.6) is 0 Å². The highest BCUT2D eigenvalue weighted by molar-refractivity contribution is 6.01. The van der Waals surface area contributed by atoms with Crippen LogP contribution < -0.4 is 20.4 Å². The Bertz CT molecular complexity index is 470. The van der Waals surface area contributed by atoms with E-state index < -0.39 is 0 Å². The molecule has 1 aromatic carbocycles. The highest BCUT2D eigenvalue weighted by Crippen LogP contribution is 2.32. The normalized spacial score (nSPS) is 23.1. The molecule has 0 aliphatic carbocycles. The first kappa shape index (κ1) is 12.4. The minimum Gasteiger partial charge on any atom is -0.371 e. The van der Waals surface area contributed by atoms with Crippen molar-refractivity contribution in [3.63, 3.8) is 0 Å². The van der Waals surface area contributed by atoms with Crippen LogP contribution in [-0.2, 0) is 4.79 Å². The molecule has 1 fully saturated rings. The van der Waals surface area contributed by atoms with E-state index in [2.05, 4.69) is 28.6 Å². The van der Waals surface area contributed by atoms with Gasteiger partial charge in [0.1, 0.15) is 0 Å². The minimum atomic E-state index is -0.106. The summed E-state index contributed by atoms with van der Waals surface area (Å²) in [6, 6.07) is 8.00. The number of amides is 1. The molecule has 19 heavy (non-hydrogen) atoms. The quantitative estimate of drug-likeness (QED) is 0.748. The Kier molecular flexibility index (Phi) is 3.40. The number of nitrogens with zero attached hydrogens (tertiary/aromatic N) is 2. The van der Waals surface area contributed by atoms with Gasteiger partial charge in [0.25, 0.3) is 0 Å². The number of nitrogens with one attached hydrogen (secondary N) is 2. The van der Waals surface area contributed by atoms with E-state index in [0.29, 0.717) is 6.54 Å². The van der Waals surface area contributed by atoms with Crippen LogP contribution in [0.1, 0.15) is 0 Å². The molecule has 5 nitrogen and oxygen atoms in total. The number of para-hydroxylation sites is 2. The van der Waals surface area contributed by atoms with E-state index in [1.165, 1.54) is 0 Å². The second kappa shape index (κ2) is 5.19. The summed E-state index contributed by atoms with van der Waals surface area (Å²) in [7, 11) is 2.07. The molecule has 2 N–H and O–H groups in total. The lowest BCUT2D eigenvalue weighted by atomic mass is 10.1. The number of fused-ring (bicyclic) bond motifs is 1. The monoisotopic (exact) mass is 260 g/mol. The van der Waals surface area contributed by atoms with Gasteiger partial charge in [0.2, 0.25) is 5.91 Å². The molecule has 3 rings (SSSR count). The van der Waals surface area contributed by atoms with E-state index in [4.69, 9.17) is 0 Å². The summed E-state index contributed by atoms with van der Waals surface area (Å²) in [5.74, 6) is 0.174. The molecule has 1 unspecified atom stereocenters. The molecule has 0 aromatic heterocycles. The number of likely N-dealkylation sites (N-methyl/N-ethyl adjacent to an activating group) is 1. The minimum absolute atomic E-state index is 0.106. The molecular formula is C14H20N4O. The first-order chi connectivity index (χ1) is 9.27. The van der Waals surface area contributed by atoms with Crippen LogP contribution in [-0.4, -0.2) is 51.7 Å². The number of hydrogen-bond acceptors (Lipinski definition) is 4. The average molecular weight is 260 g/mol. The smallest absolute Gasteiger partial charge is 0.245 e. The fourth-order valence-electron chi connectivity index (χ4n) is 2.75. The van der Waals surface area contributed by atoms with Gasteiger partial charge in [-0.2, -0.15) is 0 Å². The fraction of sp³-hybridized carbons (Fsp3) is 0.500. The molecule has 0 bridgehead atoms. The van der Waals surface area contributed by atoms with Gasteiger partial charge in [-0.05, 0) is 12.1 Å². The van der Waals surface area contributed by atoms with Crippen molar-refractivity contribution in [3.05, 3.63) is 24.3 Å². The van der Waals surface area contributed by atoms with E-state index in [-0.39, 0.29) is 11.9 Å². The standard InChI is InChI=1S/C14H20N4O/c1-17-8-9-18(13-5-3-2-4-12(13)17)14(19)11-10-15-6-7-16-11/h2-5,11,15-16H,6-10H2,1H3.